The number of rotatable bonds is 6. The Balaban J connectivity index is 2.00. The SMILES string of the molecule is CC(C)N1C(c2ccncc2)=C(CC(N)=O)SC1Nc1cc(Cl)ccc1Cl. The zero-order valence-corrected chi connectivity index (χ0v) is 17.3. The minimum Gasteiger partial charge on any atom is -0.369 e. The van der Waals surface area contributed by atoms with Gasteiger partial charge in [0.2, 0.25) is 5.91 Å². The van der Waals surface area contributed by atoms with Gasteiger partial charge in [0, 0.05) is 33.9 Å². The largest absolute Gasteiger partial charge is 0.369 e. The summed E-state index contributed by atoms with van der Waals surface area (Å²) in [5.74, 6) is -0.366. The number of carbonyl (C=O) groups excluding carboxylic acids is 1. The Morgan fingerprint density at radius 3 is 2.63 bits per heavy atom. The van der Waals surface area contributed by atoms with Gasteiger partial charge >= 0.3 is 0 Å². The molecule has 1 unspecified atom stereocenters. The molecule has 0 saturated heterocycles. The number of anilines is 1. The normalized spacial score (nSPS) is 16.9. The van der Waals surface area contributed by atoms with Crippen LogP contribution in [-0.2, 0) is 4.79 Å². The molecule has 0 fully saturated rings. The fourth-order valence-corrected chi connectivity index (χ4v) is 4.80. The van der Waals surface area contributed by atoms with E-state index in [1.54, 1.807) is 42.4 Å². The summed E-state index contributed by atoms with van der Waals surface area (Å²) in [6, 6.07) is 9.33. The molecule has 3 rings (SSSR count). The second kappa shape index (κ2) is 8.42. The highest BCUT2D eigenvalue weighted by molar-refractivity contribution is 8.04. The smallest absolute Gasteiger partial charge is 0.222 e. The average Bonchev–Trinajstić information content (AvgIpc) is 2.96. The van der Waals surface area contributed by atoms with Crippen LogP contribution in [0.1, 0.15) is 25.8 Å². The quantitative estimate of drug-likeness (QED) is 0.700. The van der Waals surface area contributed by atoms with Crippen LogP contribution in [0.2, 0.25) is 10.0 Å². The van der Waals surface area contributed by atoms with Crippen molar-refractivity contribution in [2.75, 3.05) is 5.32 Å². The topological polar surface area (TPSA) is 71.2 Å². The van der Waals surface area contributed by atoms with E-state index in [1.165, 1.54) is 0 Å². The fraction of sp³-hybridized carbons (Fsp3) is 0.263. The van der Waals surface area contributed by atoms with Crippen LogP contribution in [0, 0.1) is 0 Å². The molecule has 0 saturated carbocycles. The first-order valence-corrected chi connectivity index (χ1v) is 10.1. The van der Waals surface area contributed by atoms with Gasteiger partial charge in [-0.05, 0) is 44.2 Å². The molecule has 1 aliphatic heterocycles. The van der Waals surface area contributed by atoms with Gasteiger partial charge in [-0.25, -0.2) is 0 Å². The van der Waals surface area contributed by atoms with Gasteiger partial charge in [-0.3, -0.25) is 9.78 Å². The molecule has 1 amide bonds. The molecule has 1 aliphatic rings. The maximum atomic E-state index is 11.7. The van der Waals surface area contributed by atoms with E-state index >= 15 is 0 Å². The number of primary amides is 1. The Morgan fingerprint density at radius 1 is 1.30 bits per heavy atom. The maximum Gasteiger partial charge on any atom is 0.222 e. The standard InChI is InChI=1S/C19H20Cl2N4OS/c1-11(2)25-18(12-5-7-23-8-6-12)16(10-17(22)26)27-19(25)24-15-9-13(20)3-4-14(15)21/h3-9,11,19,24H,10H2,1-2H3,(H2,22,26). The monoisotopic (exact) mass is 422 g/mol. The van der Waals surface area contributed by atoms with Gasteiger partial charge in [0.15, 0.2) is 5.50 Å². The van der Waals surface area contributed by atoms with Crippen molar-refractivity contribution in [2.45, 2.75) is 31.8 Å². The average molecular weight is 423 g/mol. The molecule has 0 spiro atoms. The predicted octanol–water partition coefficient (Wildman–Crippen LogP) is 4.79. The molecule has 0 radical (unpaired) electrons. The summed E-state index contributed by atoms with van der Waals surface area (Å²) >= 11 is 14.0. The van der Waals surface area contributed by atoms with Gasteiger partial charge in [-0.15, -0.1) is 0 Å². The molecule has 1 aromatic carbocycles. The highest BCUT2D eigenvalue weighted by Crippen LogP contribution is 2.46. The third-order valence-electron chi connectivity index (χ3n) is 4.08. The minimum atomic E-state index is -0.366. The minimum absolute atomic E-state index is 0.154. The summed E-state index contributed by atoms with van der Waals surface area (Å²) in [6.07, 6.45) is 3.65. The van der Waals surface area contributed by atoms with Gasteiger partial charge in [-0.2, -0.15) is 0 Å². The summed E-state index contributed by atoms with van der Waals surface area (Å²) in [5.41, 5.74) is 8.05. The molecule has 2 heterocycles. The zero-order chi connectivity index (χ0) is 19.6. The van der Waals surface area contributed by atoms with Crippen molar-refractivity contribution in [2.24, 2.45) is 5.73 Å². The van der Waals surface area contributed by atoms with E-state index in [-0.39, 0.29) is 23.9 Å². The lowest BCUT2D eigenvalue weighted by Gasteiger charge is -2.34. The van der Waals surface area contributed by atoms with Crippen molar-refractivity contribution < 1.29 is 4.79 Å². The Bertz CT molecular complexity index is 873. The summed E-state index contributed by atoms with van der Waals surface area (Å²) in [6.45, 7) is 4.20. The van der Waals surface area contributed by atoms with E-state index in [4.69, 9.17) is 28.9 Å². The van der Waals surface area contributed by atoms with Gasteiger partial charge in [-0.1, -0.05) is 35.0 Å². The lowest BCUT2D eigenvalue weighted by atomic mass is 10.1. The van der Waals surface area contributed by atoms with Crippen LogP contribution in [0.5, 0.6) is 0 Å². The number of pyridine rings is 1. The van der Waals surface area contributed by atoms with E-state index < -0.39 is 0 Å². The maximum absolute atomic E-state index is 11.7. The van der Waals surface area contributed by atoms with Crippen molar-refractivity contribution in [1.29, 1.82) is 0 Å². The van der Waals surface area contributed by atoms with Gasteiger partial charge < -0.3 is 16.0 Å². The Kier molecular flexibility index (Phi) is 6.19. The van der Waals surface area contributed by atoms with Crippen LogP contribution in [0.25, 0.3) is 5.70 Å². The van der Waals surface area contributed by atoms with E-state index in [9.17, 15) is 4.79 Å². The molecular weight excluding hydrogens is 403 g/mol. The number of amides is 1. The third kappa shape index (κ3) is 4.51. The zero-order valence-electron chi connectivity index (χ0n) is 14.9. The highest BCUT2D eigenvalue weighted by Gasteiger charge is 2.35. The van der Waals surface area contributed by atoms with Gasteiger partial charge in [0.05, 0.1) is 22.8 Å². The summed E-state index contributed by atoms with van der Waals surface area (Å²) in [5, 5.41) is 4.63. The molecule has 8 heteroatoms. The second-order valence-electron chi connectivity index (χ2n) is 6.39. The molecular formula is C19H20Cl2N4OS. The number of thioether (sulfide) groups is 1. The Labute approximate surface area is 172 Å². The summed E-state index contributed by atoms with van der Waals surface area (Å²) < 4.78 is 0. The fourth-order valence-electron chi connectivity index (χ4n) is 2.98. The summed E-state index contributed by atoms with van der Waals surface area (Å²) in [7, 11) is 0. The number of carbonyl (C=O) groups is 1. The number of nitrogens with one attached hydrogen (secondary N) is 1. The first-order chi connectivity index (χ1) is 12.9. The van der Waals surface area contributed by atoms with Crippen LogP contribution < -0.4 is 11.1 Å². The summed E-state index contributed by atoms with van der Waals surface area (Å²) in [4.78, 5) is 18.9. The van der Waals surface area contributed by atoms with Gasteiger partial charge in [0.1, 0.15) is 0 Å². The second-order valence-corrected chi connectivity index (χ2v) is 8.41. The van der Waals surface area contributed by atoms with Crippen molar-refractivity contribution in [3.63, 3.8) is 0 Å². The van der Waals surface area contributed by atoms with Crippen LogP contribution in [0.4, 0.5) is 5.69 Å². The first kappa shape index (κ1) is 19.9. The van der Waals surface area contributed by atoms with E-state index in [0.717, 1.165) is 21.9 Å². The Morgan fingerprint density at radius 2 is 2.00 bits per heavy atom. The number of hydrogen-bond acceptors (Lipinski definition) is 5. The predicted molar refractivity (Wildman–Crippen MR) is 113 cm³/mol. The number of nitrogens with zero attached hydrogens (tertiary/aromatic N) is 2. The van der Waals surface area contributed by atoms with E-state index in [2.05, 4.69) is 29.0 Å². The van der Waals surface area contributed by atoms with Crippen LogP contribution >= 0.6 is 35.0 Å². The van der Waals surface area contributed by atoms with Crippen molar-refractivity contribution in [3.8, 4) is 0 Å². The van der Waals surface area contributed by atoms with E-state index in [0.29, 0.717) is 10.0 Å². The highest BCUT2D eigenvalue weighted by atomic mass is 35.5. The molecule has 1 aromatic heterocycles. The first-order valence-electron chi connectivity index (χ1n) is 8.45. The molecule has 142 valence electrons. The molecule has 5 nitrogen and oxygen atoms in total. The van der Waals surface area contributed by atoms with Crippen LogP contribution in [-0.4, -0.2) is 27.3 Å². The molecule has 2 aromatic rings. The molecule has 3 N–H and O–H groups in total. The number of aromatic nitrogens is 1. The van der Waals surface area contributed by atoms with Crippen molar-refractivity contribution in [3.05, 3.63) is 63.2 Å². The van der Waals surface area contributed by atoms with Crippen LogP contribution in [0.3, 0.4) is 0 Å². The number of benzene rings is 1. The molecule has 1 atom stereocenters. The third-order valence-corrected chi connectivity index (χ3v) is 5.84. The molecule has 27 heavy (non-hydrogen) atoms. The number of halogens is 2. The molecule has 0 aliphatic carbocycles. The number of hydrogen-bond donors (Lipinski definition) is 2. The van der Waals surface area contributed by atoms with Crippen LogP contribution in [0.15, 0.2) is 47.6 Å². The molecule has 0 bridgehead atoms. The number of nitrogens with two attached hydrogens (primary N) is 1. The van der Waals surface area contributed by atoms with E-state index in [1.807, 2.05) is 12.1 Å². The lowest BCUT2D eigenvalue weighted by Crippen LogP contribution is -2.38. The van der Waals surface area contributed by atoms with Crippen molar-refractivity contribution in [1.82, 2.24) is 9.88 Å². The Hall–Kier alpha value is -1.89. The lowest BCUT2D eigenvalue weighted by molar-refractivity contribution is -0.117. The van der Waals surface area contributed by atoms with Gasteiger partial charge in [0.25, 0.3) is 0 Å². The van der Waals surface area contributed by atoms with Crippen molar-refractivity contribution >= 4 is 52.3 Å².